The third-order valence-corrected chi connectivity index (χ3v) is 9.38. The van der Waals surface area contributed by atoms with Crippen molar-refractivity contribution in [3.63, 3.8) is 0 Å². The van der Waals surface area contributed by atoms with E-state index >= 15 is 0 Å². The lowest BCUT2D eigenvalue weighted by molar-refractivity contribution is -0.131. The van der Waals surface area contributed by atoms with Crippen LogP contribution in [0.25, 0.3) is 10.8 Å². The molecule has 46 heavy (non-hydrogen) atoms. The Morgan fingerprint density at radius 2 is 1.91 bits per heavy atom. The van der Waals surface area contributed by atoms with Crippen molar-refractivity contribution in [3.8, 4) is 12.1 Å². The van der Waals surface area contributed by atoms with E-state index in [0.717, 1.165) is 42.9 Å². The van der Waals surface area contributed by atoms with Crippen LogP contribution < -0.4 is 14.5 Å². The second kappa shape index (κ2) is 13.5. The average molecular weight is 634 g/mol. The molecule has 6 rings (SSSR count). The van der Waals surface area contributed by atoms with Crippen molar-refractivity contribution < 1.29 is 22.7 Å². The highest BCUT2D eigenvalue weighted by atomic mass is 19.3. The molecule has 0 radical (unpaired) electrons. The molecule has 1 aromatic heterocycles. The lowest BCUT2D eigenvalue weighted by Crippen LogP contribution is -2.56. The molecule has 9 nitrogen and oxygen atoms in total. The zero-order valence-corrected chi connectivity index (χ0v) is 26.1. The number of alkyl halides is 2. The number of amides is 1. The number of likely N-dealkylation sites (N-methyl/N-ethyl adjacent to an activating group) is 1. The van der Waals surface area contributed by atoms with E-state index in [1.165, 1.54) is 21.2 Å². The number of hydrogen-bond donors (Lipinski definition) is 0. The van der Waals surface area contributed by atoms with Crippen LogP contribution in [-0.4, -0.2) is 90.6 Å². The van der Waals surface area contributed by atoms with Crippen LogP contribution in [0.15, 0.2) is 48.3 Å². The molecular formula is C34H38F3N7O2. The van der Waals surface area contributed by atoms with Crippen LogP contribution in [-0.2, 0) is 17.8 Å². The quantitative estimate of drug-likeness (QED) is 0.320. The minimum atomic E-state index is -3.09. The Kier molecular flexibility index (Phi) is 9.31. The van der Waals surface area contributed by atoms with E-state index in [1.54, 1.807) is 0 Å². The lowest BCUT2D eigenvalue weighted by Gasteiger charge is -2.42. The van der Waals surface area contributed by atoms with Gasteiger partial charge in [0.1, 0.15) is 12.4 Å². The zero-order valence-electron chi connectivity index (χ0n) is 26.1. The third kappa shape index (κ3) is 6.47. The number of piperazine rings is 1. The maximum absolute atomic E-state index is 14.3. The van der Waals surface area contributed by atoms with Gasteiger partial charge in [0.05, 0.1) is 30.8 Å². The van der Waals surface area contributed by atoms with Crippen LogP contribution in [0.2, 0.25) is 0 Å². The van der Waals surface area contributed by atoms with Crippen LogP contribution in [0.1, 0.15) is 36.1 Å². The molecule has 2 fully saturated rings. The van der Waals surface area contributed by atoms with E-state index in [1.807, 2.05) is 4.90 Å². The van der Waals surface area contributed by atoms with Gasteiger partial charge in [-0.3, -0.25) is 4.79 Å². The molecule has 0 spiro atoms. The SMILES string of the molecule is Cc1cccc2cccc(N3CCc4c(nc(OCC5CCCN5C)nc4N4CCN(C(=O)/C(F)=C\C(F)F)C(CC#N)C4)C3)c12. The van der Waals surface area contributed by atoms with E-state index < -0.39 is 24.2 Å². The molecule has 0 saturated carbocycles. The van der Waals surface area contributed by atoms with Crippen LogP contribution >= 0.6 is 0 Å². The number of rotatable bonds is 8. The van der Waals surface area contributed by atoms with Gasteiger partial charge in [0.25, 0.3) is 12.3 Å². The van der Waals surface area contributed by atoms with Crippen molar-refractivity contribution in [1.82, 2.24) is 19.8 Å². The van der Waals surface area contributed by atoms with Crippen LogP contribution in [0.4, 0.5) is 24.7 Å². The summed E-state index contributed by atoms with van der Waals surface area (Å²) in [4.78, 5) is 30.3. The highest BCUT2D eigenvalue weighted by Gasteiger charge is 2.35. The number of carbonyl (C=O) groups excluding carboxylic acids is 1. The summed E-state index contributed by atoms with van der Waals surface area (Å²) in [5, 5.41) is 11.9. The number of fused-ring (bicyclic) bond motifs is 2. The highest BCUT2D eigenvalue weighted by molar-refractivity contribution is 5.97. The number of likely N-dealkylation sites (tertiary alicyclic amines) is 1. The number of anilines is 2. The van der Waals surface area contributed by atoms with Gasteiger partial charge in [0.2, 0.25) is 0 Å². The van der Waals surface area contributed by atoms with E-state index in [-0.39, 0.29) is 44.2 Å². The molecule has 2 saturated heterocycles. The normalized spacial score (nSPS) is 20.7. The predicted molar refractivity (Wildman–Crippen MR) is 170 cm³/mol. The minimum absolute atomic E-state index is 0.00746. The number of hydrogen-bond acceptors (Lipinski definition) is 8. The van der Waals surface area contributed by atoms with Crippen molar-refractivity contribution in [3.05, 3.63) is 65.1 Å². The number of ether oxygens (including phenoxy) is 1. The molecule has 4 heterocycles. The maximum Gasteiger partial charge on any atom is 0.318 e. The summed E-state index contributed by atoms with van der Waals surface area (Å²) >= 11 is 0. The first-order valence-corrected chi connectivity index (χ1v) is 15.8. The molecular weight excluding hydrogens is 595 g/mol. The van der Waals surface area contributed by atoms with Gasteiger partial charge >= 0.3 is 6.01 Å². The number of nitriles is 1. The summed E-state index contributed by atoms with van der Waals surface area (Å²) < 4.78 is 46.1. The summed E-state index contributed by atoms with van der Waals surface area (Å²) in [5.74, 6) is -1.97. The monoisotopic (exact) mass is 633 g/mol. The molecule has 3 aliphatic rings. The Labute approximate surface area is 266 Å². The van der Waals surface area contributed by atoms with E-state index in [9.17, 15) is 23.2 Å². The van der Waals surface area contributed by atoms with Crippen molar-refractivity contribution >= 4 is 28.2 Å². The van der Waals surface area contributed by atoms with Crippen molar-refractivity contribution in [2.45, 2.75) is 57.7 Å². The first-order valence-electron chi connectivity index (χ1n) is 15.8. The Morgan fingerprint density at radius 1 is 1.11 bits per heavy atom. The number of nitrogens with zero attached hydrogens (tertiary/aromatic N) is 7. The molecule has 12 heteroatoms. The topological polar surface area (TPSA) is 88.8 Å². The second-order valence-corrected chi connectivity index (χ2v) is 12.3. The van der Waals surface area contributed by atoms with Gasteiger partial charge in [-0.15, -0.1) is 0 Å². The highest BCUT2D eigenvalue weighted by Crippen LogP contribution is 2.36. The maximum atomic E-state index is 14.3. The molecule has 0 bridgehead atoms. The molecule has 0 aliphatic carbocycles. The molecule has 0 N–H and O–H groups in total. The predicted octanol–water partition coefficient (Wildman–Crippen LogP) is 5.02. The summed E-state index contributed by atoms with van der Waals surface area (Å²) in [7, 11) is 2.08. The first-order chi connectivity index (χ1) is 22.2. The molecule has 2 aromatic carbocycles. The standard InChI is InChI=1S/C34H38F3N7O2/c1-22-6-3-7-23-8-4-10-29(31(22)23)42-15-12-26-28(20-42)39-34(46-21-25-9-5-14-41(25)2)40-32(26)43-16-17-44(24(19-43)11-13-38)33(45)27(35)18-30(36)37/h3-4,6-8,10,18,24-25,30H,5,9,11-12,14-17,19-21H2,1-2H3/b27-18+. The van der Waals surface area contributed by atoms with Gasteiger partial charge in [-0.1, -0.05) is 30.3 Å². The minimum Gasteiger partial charge on any atom is -0.462 e. The molecule has 2 unspecified atom stereocenters. The van der Waals surface area contributed by atoms with Gasteiger partial charge < -0.3 is 24.3 Å². The third-order valence-electron chi connectivity index (χ3n) is 9.38. The van der Waals surface area contributed by atoms with Crippen molar-refractivity contribution in [1.29, 1.82) is 5.26 Å². The lowest BCUT2D eigenvalue weighted by atomic mass is 9.99. The van der Waals surface area contributed by atoms with Gasteiger partial charge in [-0.2, -0.15) is 15.2 Å². The Balaban J connectivity index is 1.32. The number of allylic oxidation sites excluding steroid dienone is 1. The fourth-order valence-corrected chi connectivity index (χ4v) is 6.96. The fourth-order valence-electron chi connectivity index (χ4n) is 6.96. The van der Waals surface area contributed by atoms with Gasteiger partial charge in [0.15, 0.2) is 5.83 Å². The van der Waals surface area contributed by atoms with Crippen LogP contribution in [0.3, 0.4) is 0 Å². The van der Waals surface area contributed by atoms with Gasteiger partial charge in [-0.25, -0.2) is 13.2 Å². The zero-order chi connectivity index (χ0) is 32.4. The number of carbonyl (C=O) groups is 1. The number of halogens is 3. The van der Waals surface area contributed by atoms with Crippen molar-refractivity contribution in [2.24, 2.45) is 0 Å². The van der Waals surface area contributed by atoms with Gasteiger partial charge in [0, 0.05) is 54.9 Å². The number of aromatic nitrogens is 2. The molecule has 3 aromatic rings. The summed E-state index contributed by atoms with van der Waals surface area (Å²) in [6.45, 7) is 5.40. The largest absolute Gasteiger partial charge is 0.462 e. The van der Waals surface area contributed by atoms with Crippen LogP contribution in [0, 0.1) is 18.3 Å². The smallest absolute Gasteiger partial charge is 0.318 e. The van der Waals surface area contributed by atoms with E-state index in [0.29, 0.717) is 25.4 Å². The van der Waals surface area contributed by atoms with Crippen molar-refractivity contribution in [2.75, 3.05) is 56.2 Å². The number of benzene rings is 2. The Bertz CT molecular complexity index is 1670. The first kappa shape index (κ1) is 31.6. The van der Waals surface area contributed by atoms with Crippen LogP contribution in [0.5, 0.6) is 6.01 Å². The molecule has 3 aliphatic heterocycles. The molecule has 1 amide bonds. The molecule has 2 atom stereocenters. The average Bonchev–Trinajstić information content (AvgIpc) is 3.46. The number of aryl methyl sites for hydroxylation is 1. The second-order valence-electron chi connectivity index (χ2n) is 12.3. The molecule has 242 valence electrons. The van der Waals surface area contributed by atoms with E-state index in [4.69, 9.17) is 14.7 Å². The van der Waals surface area contributed by atoms with Gasteiger partial charge in [-0.05, 0) is 56.8 Å². The summed E-state index contributed by atoms with van der Waals surface area (Å²) in [6.07, 6.45) is -0.364. The summed E-state index contributed by atoms with van der Waals surface area (Å²) in [5.41, 5.74) is 4.15. The Hall–Kier alpha value is -4.37. The summed E-state index contributed by atoms with van der Waals surface area (Å²) in [6, 6.07) is 14.5. The fraction of sp³-hybridized carbons (Fsp3) is 0.471. The van der Waals surface area contributed by atoms with E-state index in [2.05, 4.69) is 66.2 Å². The Morgan fingerprint density at radius 3 is 2.65 bits per heavy atom.